The number of aliphatic imine (C=N–C) groups is 1. The lowest BCUT2D eigenvalue weighted by atomic mass is 10.0. The number of aromatic nitrogens is 2. The van der Waals surface area contributed by atoms with Gasteiger partial charge in [-0.2, -0.15) is 13.2 Å². The van der Waals surface area contributed by atoms with E-state index in [4.69, 9.17) is 0 Å². The van der Waals surface area contributed by atoms with Gasteiger partial charge in [0.25, 0.3) is 0 Å². The molecule has 0 aliphatic rings. The lowest BCUT2D eigenvalue weighted by molar-refractivity contribution is -0.141. The minimum atomic E-state index is -4.51. The summed E-state index contributed by atoms with van der Waals surface area (Å²) < 4.78 is 38.0. The van der Waals surface area contributed by atoms with Crippen molar-refractivity contribution in [1.82, 2.24) is 20.6 Å². The molecule has 0 spiro atoms. The molecule has 0 bridgehead atoms. The minimum Gasteiger partial charge on any atom is -0.396 e. The molecular weight excluding hydrogens is 512 g/mol. The Morgan fingerprint density at radius 2 is 1.87 bits per heavy atom. The van der Waals surface area contributed by atoms with Crippen molar-refractivity contribution >= 4 is 35.9 Å². The standard InChI is InChI=1S/C19H25F3N6O.HI/c1-2-23-17(27-12-15(13-29)14-6-4-3-5-7-14)25-10-11-26-18-24-9-8-16(28-18)19(20,21)22;/h3-9,15,29H,2,10-13H2,1H3,(H2,23,25,27)(H,24,26,28);1H. The maximum Gasteiger partial charge on any atom is 0.433 e. The van der Waals surface area contributed by atoms with Gasteiger partial charge in [0.15, 0.2) is 5.96 Å². The van der Waals surface area contributed by atoms with Gasteiger partial charge in [-0.1, -0.05) is 30.3 Å². The molecule has 0 aliphatic heterocycles. The van der Waals surface area contributed by atoms with Crippen LogP contribution >= 0.6 is 24.0 Å². The highest BCUT2D eigenvalue weighted by Gasteiger charge is 2.32. The van der Waals surface area contributed by atoms with Crippen LogP contribution in [0.5, 0.6) is 0 Å². The fourth-order valence-electron chi connectivity index (χ4n) is 2.49. The molecule has 2 aromatic rings. The molecule has 2 rings (SSSR count). The number of aliphatic hydroxyl groups is 1. The molecule has 1 aromatic carbocycles. The van der Waals surface area contributed by atoms with E-state index in [1.807, 2.05) is 37.3 Å². The van der Waals surface area contributed by atoms with Crippen molar-refractivity contribution in [3.8, 4) is 0 Å². The maximum atomic E-state index is 12.7. The summed E-state index contributed by atoms with van der Waals surface area (Å²) in [6, 6.07) is 10.4. The van der Waals surface area contributed by atoms with Gasteiger partial charge in [-0.25, -0.2) is 9.97 Å². The molecule has 0 saturated heterocycles. The highest BCUT2D eigenvalue weighted by atomic mass is 127. The van der Waals surface area contributed by atoms with E-state index in [-0.39, 0.29) is 42.4 Å². The van der Waals surface area contributed by atoms with Crippen LogP contribution in [0.4, 0.5) is 19.1 Å². The summed E-state index contributed by atoms with van der Waals surface area (Å²) in [4.78, 5) is 11.7. The van der Waals surface area contributed by atoms with Crippen molar-refractivity contribution in [2.45, 2.75) is 19.0 Å². The number of guanidine groups is 1. The topological polar surface area (TPSA) is 94.5 Å². The number of anilines is 1. The van der Waals surface area contributed by atoms with Crippen LogP contribution < -0.4 is 16.0 Å². The van der Waals surface area contributed by atoms with Gasteiger partial charge in [-0.15, -0.1) is 24.0 Å². The van der Waals surface area contributed by atoms with Crippen molar-refractivity contribution < 1.29 is 18.3 Å². The van der Waals surface area contributed by atoms with E-state index in [1.54, 1.807) is 0 Å². The Hall–Kier alpha value is -2.15. The molecule has 0 radical (unpaired) electrons. The number of hydrogen-bond donors (Lipinski definition) is 4. The van der Waals surface area contributed by atoms with E-state index in [1.165, 1.54) is 0 Å². The summed E-state index contributed by atoms with van der Waals surface area (Å²) in [5.74, 6) is 0.338. The Kier molecular flexibility index (Phi) is 11.4. The van der Waals surface area contributed by atoms with E-state index in [2.05, 4.69) is 30.9 Å². The normalized spacial score (nSPS) is 12.6. The van der Waals surface area contributed by atoms with Gasteiger partial charge in [0.1, 0.15) is 5.69 Å². The summed E-state index contributed by atoms with van der Waals surface area (Å²) >= 11 is 0. The van der Waals surface area contributed by atoms with Gasteiger partial charge >= 0.3 is 6.18 Å². The second kappa shape index (κ2) is 13.2. The summed E-state index contributed by atoms with van der Waals surface area (Å²) in [6.45, 7) is 3.62. The van der Waals surface area contributed by atoms with Crippen molar-refractivity contribution in [2.75, 3.05) is 38.1 Å². The van der Waals surface area contributed by atoms with Gasteiger partial charge in [0.05, 0.1) is 13.2 Å². The van der Waals surface area contributed by atoms with Crippen LogP contribution in [0.15, 0.2) is 47.6 Å². The van der Waals surface area contributed by atoms with Gasteiger partial charge in [-0.05, 0) is 18.6 Å². The molecule has 0 aliphatic carbocycles. The first kappa shape index (κ1) is 25.9. The highest BCUT2D eigenvalue weighted by Crippen LogP contribution is 2.27. The van der Waals surface area contributed by atoms with E-state index >= 15 is 0 Å². The van der Waals surface area contributed by atoms with Crippen molar-refractivity contribution in [2.24, 2.45) is 4.99 Å². The molecule has 1 atom stereocenters. The molecular formula is C19H26F3IN6O. The second-order valence-electron chi connectivity index (χ2n) is 6.13. The van der Waals surface area contributed by atoms with E-state index in [0.29, 0.717) is 32.1 Å². The van der Waals surface area contributed by atoms with Crippen LogP contribution in [0.3, 0.4) is 0 Å². The molecule has 1 aromatic heterocycles. The van der Waals surface area contributed by atoms with Crippen LogP contribution in [-0.4, -0.2) is 53.8 Å². The predicted molar refractivity (Wildman–Crippen MR) is 121 cm³/mol. The number of benzene rings is 1. The van der Waals surface area contributed by atoms with Gasteiger partial charge in [-0.3, -0.25) is 4.99 Å². The zero-order chi connectivity index (χ0) is 21.1. The van der Waals surface area contributed by atoms with Gasteiger partial charge in [0.2, 0.25) is 5.95 Å². The monoisotopic (exact) mass is 538 g/mol. The first-order chi connectivity index (χ1) is 13.9. The number of nitrogens with zero attached hydrogens (tertiary/aromatic N) is 3. The molecule has 1 unspecified atom stereocenters. The van der Waals surface area contributed by atoms with E-state index in [9.17, 15) is 18.3 Å². The van der Waals surface area contributed by atoms with Crippen LogP contribution in [0.2, 0.25) is 0 Å². The molecule has 30 heavy (non-hydrogen) atoms. The molecule has 4 N–H and O–H groups in total. The third-order valence-corrected chi connectivity index (χ3v) is 3.95. The van der Waals surface area contributed by atoms with Crippen LogP contribution in [0.25, 0.3) is 0 Å². The molecule has 11 heteroatoms. The van der Waals surface area contributed by atoms with Crippen molar-refractivity contribution in [3.63, 3.8) is 0 Å². The number of hydrogen-bond acceptors (Lipinski definition) is 5. The molecule has 0 amide bonds. The molecule has 0 saturated carbocycles. The fourth-order valence-corrected chi connectivity index (χ4v) is 2.49. The lowest BCUT2D eigenvalue weighted by Gasteiger charge is -2.15. The van der Waals surface area contributed by atoms with Gasteiger partial charge < -0.3 is 21.1 Å². The summed E-state index contributed by atoms with van der Waals surface area (Å²) in [5.41, 5.74) is 0.00628. The largest absolute Gasteiger partial charge is 0.433 e. The second-order valence-corrected chi connectivity index (χ2v) is 6.13. The number of alkyl halides is 3. The number of aliphatic hydroxyl groups excluding tert-OH is 1. The summed E-state index contributed by atoms with van der Waals surface area (Å²) in [7, 11) is 0. The van der Waals surface area contributed by atoms with Crippen LogP contribution in [-0.2, 0) is 6.18 Å². The van der Waals surface area contributed by atoms with Crippen LogP contribution in [0.1, 0.15) is 24.1 Å². The van der Waals surface area contributed by atoms with E-state index in [0.717, 1.165) is 17.8 Å². The Labute approximate surface area is 190 Å². The predicted octanol–water partition coefficient (Wildman–Crippen LogP) is 2.86. The van der Waals surface area contributed by atoms with Crippen molar-refractivity contribution in [3.05, 3.63) is 53.9 Å². The quantitative estimate of drug-likeness (QED) is 0.170. The Balaban J connectivity index is 0.00000450. The summed E-state index contributed by atoms with van der Waals surface area (Å²) in [6.07, 6.45) is -3.44. The minimum absolute atomic E-state index is 0. The SMILES string of the molecule is CCNC(=NCC(CO)c1ccccc1)NCCNc1nccc(C(F)(F)F)n1.I. The molecule has 7 nitrogen and oxygen atoms in total. The lowest BCUT2D eigenvalue weighted by Crippen LogP contribution is -2.40. The molecule has 1 heterocycles. The average molecular weight is 538 g/mol. The zero-order valence-electron chi connectivity index (χ0n) is 16.5. The molecule has 166 valence electrons. The Morgan fingerprint density at radius 3 is 2.50 bits per heavy atom. The Morgan fingerprint density at radius 1 is 1.13 bits per heavy atom. The Bertz CT molecular complexity index is 776. The fraction of sp³-hybridized carbons (Fsp3) is 0.421. The van der Waals surface area contributed by atoms with Gasteiger partial charge in [0, 0.05) is 31.7 Å². The number of halogens is 4. The first-order valence-electron chi connectivity index (χ1n) is 9.26. The third kappa shape index (κ3) is 8.69. The first-order valence-corrected chi connectivity index (χ1v) is 9.26. The average Bonchev–Trinajstić information content (AvgIpc) is 2.72. The van der Waals surface area contributed by atoms with Crippen LogP contribution in [0, 0.1) is 0 Å². The smallest absolute Gasteiger partial charge is 0.396 e. The summed E-state index contributed by atoms with van der Waals surface area (Å²) in [5, 5.41) is 18.6. The third-order valence-electron chi connectivity index (χ3n) is 3.95. The number of rotatable bonds is 9. The number of nitrogens with one attached hydrogen (secondary N) is 3. The van der Waals surface area contributed by atoms with E-state index < -0.39 is 11.9 Å². The maximum absolute atomic E-state index is 12.7. The highest BCUT2D eigenvalue weighted by molar-refractivity contribution is 14.0. The molecule has 0 fully saturated rings. The van der Waals surface area contributed by atoms with Crippen molar-refractivity contribution in [1.29, 1.82) is 0 Å². The zero-order valence-corrected chi connectivity index (χ0v) is 18.8.